The largest absolute Gasteiger partial charge is 0.311 e. The highest BCUT2D eigenvalue weighted by Gasteiger charge is 2.26. The van der Waals surface area contributed by atoms with Crippen molar-refractivity contribution in [3.63, 3.8) is 0 Å². The smallest absolute Gasteiger partial charge is 0.0362 e. The van der Waals surface area contributed by atoms with Crippen molar-refractivity contribution in [1.29, 1.82) is 0 Å². The van der Waals surface area contributed by atoms with E-state index in [1.165, 1.54) is 18.4 Å². The Balaban J connectivity index is 1.80. The standard InChI is InChI=1S/C15H25NOS2/c1-3-19(17)15-6-4-5-14(10-15)16-12(2)9-13-7-8-18-11-13/h7-8,11-12,14-16H,3-6,9-10H2,1-2H3/t12-,14+,15-,19-/m1/s1. The van der Waals surface area contributed by atoms with E-state index in [9.17, 15) is 4.21 Å². The van der Waals surface area contributed by atoms with Crippen LogP contribution in [0.1, 0.15) is 45.1 Å². The van der Waals surface area contributed by atoms with E-state index in [1.54, 1.807) is 11.3 Å². The minimum atomic E-state index is -0.619. The monoisotopic (exact) mass is 299 g/mol. The summed E-state index contributed by atoms with van der Waals surface area (Å²) < 4.78 is 11.9. The summed E-state index contributed by atoms with van der Waals surface area (Å²) in [5.74, 6) is 0.807. The van der Waals surface area contributed by atoms with E-state index < -0.39 is 10.8 Å². The molecule has 4 heteroatoms. The van der Waals surface area contributed by atoms with Gasteiger partial charge in [0.15, 0.2) is 0 Å². The van der Waals surface area contributed by atoms with E-state index in [2.05, 4.69) is 29.1 Å². The lowest BCUT2D eigenvalue weighted by molar-refractivity contribution is 0.346. The summed E-state index contributed by atoms with van der Waals surface area (Å²) in [5, 5.41) is 8.53. The number of nitrogens with one attached hydrogen (secondary N) is 1. The number of hydrogen-bond donors (Lipinski definition) is 1. The number of hydrogen-bond acceptors (Lipinski definition) is 3. The molecule has 0 spiro atoms. The Morgan fingerprint density at radius 3 is 3.05 bits per heavy atom. The zero-order valence-electron chi connectivity index (χ0n) is 11.9. The molecule has 1 fully saturated rings. The molecule has 1 aromatic rings. The molecule has 4 atom stereocenters. The van der Waals surface area contributed by atoms with Gasteiger partial charge in [-0.3, -0.25) is 4.21 Å². The van der Waals surface area contributed by atoms with Crippen LogP contribution in [0.25, 0.3) is 0 Å². The quantitative estimate of drug-likeness (QED) is 0.873. The van der Waals surface area contributed by atoms with E-state index in [-0.39, 0.29) is 0 Å². The van der Waals surface area contributed by atoms with Crippen LogP contribution < -0.4 is 5.32 Å². The first kappa shape index (κ1) is 15.2. The topological polar surface area (TPSA) is 29.1 Å². The van der Waals surface area contributed by atoms with Crippen LogP contribution in [-0.4, -0.2) is 27.3 Å². The zero-order valence-corrected chi connectivity index (χ0v) is 13.6. The van der Waals surface area contributed by atoms with Gasteiger partial charge in [-0.2, -0.15) is 11.3 Å². The molecule has 0 aliphatic heterocycles. The van der Waals surface area contributed by atoms with Crippen LogP contribution in [-0.2, 0) is 17.2 Å². The summed E-state index contributed by atoms with van der Waals surface area (Å²) in [6.45, 7) is 4.30. The molecule has 1 heterocycles. The summed E-state index contributed by atoms with van der Waals surface area (Å²) >= 11 is 1.77. The maximum atomic E-state index is 11.9. The first-order chi connectivity index (χ1) is 9.19. The maximum absolute atomic E-state index is 11.9. The molecule has 1 N–H and O–H groups in total. The van der Waals surface area contributed by atoms with E-state index in [0.717, 1.165) is 25.0 Å². The Morgan fingerprint density at radius 1 is 1.53 bits per heavy atom. The number of rotatable bonds is 6. The second-order valence-electron chi connectivity index (χ2n) is 5.56. The summed E-state index contributed by atoms with van der Waals surface area (Å²) in [7, 11) is -0.619. The van der Waals surface area contributed by atoms with Crippen molar-refractivity contribution >= 4 is 22.1 Å². The van der Waals surface area contributed by atoms with Crippen molar-refractivity contribution in [2.24, 2.45) is 0 Å². The normalized spacial score (nSPS) is 27.1. The molecule has 0 saturated heterocycles. The lowest BCUT2D eigenvalue weighted by Gasteiger charge is -2.31. The molecular weight excluding hydrogens is 274 g/mol. The predicted molar refractivity (Wildman–Crippen MR) is 85.3 cm³/mol. The van der Waals surface area contributed by atoms with Gasteiger partial charge in [0.2, 0.25) is 0 Å². The lowest BCUT2D eigenvalue weighted by atomic mass is 9.94. The highest BCUT2D eigenvalue weighted by atomic mass is 32.2. The van der Waals surface area contributed by atoms with Gasteiger partial charge >= 0.3 is 0 Å². The highest BCUT2D eigenvalue weighted by molar-refractivity contribution is 7.85. The van der Waals surface area contributed by atoms with Crippen LogP contribution in [0.15, 0.2) is 16.8 Å². The Bertz CT molecular complexity index is 391. The van der Waals surface area contributed by atoms with Gasteiger partial charge in [0.05, 0.1) is 0 Å². The maximum Gasteiger partial charge on any atom is 0.0362 e. The van der Waals surface area contributed by atoms with Crippen molar-refractivity contribution in [1.82, 2.24) is 5.32 Å². The third-order valence-electron chi connectivity index (χ3n) is 3.92. The third-order valence-corrected chi connectivity index (χ3v) is 6.40. The van der Waals surface area contributed by atoms with Crippen molar-refractivity contribution in [2.45, 2.75) is 63.3 Å². The second kappa shape index (κ2) is 7.55. The molecule has 1 saturated carbocycles. The van der Waals surface area contributed by atoms with Crippen LogP contribution in [0.2, 0.25) is 0 Å². The average Bonchev–Trinajstić information content (AvgIpc) is 2.90. The Kier molecular flexibility index (Phi) is 6.05. The predicted octanol–water partition coefficient (Wildman–Crippen LogP) is 3.35. The molecule has 0 radical (unpaired) electrons. The van der Waals surface area contributed by atoms with Gasteiger partial charge in [0.1, 0.15) is 0 Å². The van der Waals surface area contributed by atoms with Gasteiger partial charge in [0, 0.05) is 33.9 Å². The van der Waals surface area contributed by atoms with Gasteiger partial charge < -0.3 is 5.32 Å². The SMILES string of the molecule is CC[S@@](=O)[C@@H]1CCC[C@H](N[C@H](C)Cc2ccsc2)C1. The van der Waals surface area contributed by atoms with E-state index in [1.807, 2.05) is 6.92 Å². The van der Waals surface area contributed by atoms with Gasteiger partial charge in [0.25, 0.3) is 0 Å². The fraction of sp³-hybridized carbons (Fsp3) is 0.733. The van der Waals surface area contributed by atoms with Crippen molar-refractivity contribution < 1.29 is 4.21 Å². The van der Waals surface area contributed by atoms with Crippen LogP contribution >= 0.6 is 11.3 Å². The van der Waals surface area contributed by atoms with Crippen LogP contribution in [0.5, 0.6) is 0 Å². The van der Waals surface area contributed by atoms with Crippen molar-refractivity contribution in [2.75, 3.05) is 5.75 Å². The zero-order chi connectivity index (χ0) is 13.7. The van der Waals surface area contributed by atoms with E-state index in [4.69, 9.17) is 0 Å². The molecule has 1 aliphatic carbocycles. The minimum Gasteiger partial charge on any atom is -0.311 e. The lowest BCUT2D eigenvalue weighted by Crippen LogP contribution is -2.42. The van der Waals surface area contributed by atoms with Crippen LogP contribution in [0, 0.1) is 0 Å². The molecule has 0 unspecified atom stereocenters. The first-order valence-corrected chi connectivity index (χ1v) is 9.65. The summed E-state index contributed by atoms with van der Waals surface area (Å²) in [6, 6.07) is 3.27. The Hall–Kier alpha value is -0.190. The second-order valence-corrected chi connectivity index (χ2v) is 8.34. The Labute approximate surface area is 123 Å². The van der Waals surface area contributed by atoms with Crippen LogP contribution in [0.3, 0.4) is 0 Å². The highest BCUT2D eigenvalue weighted by Crippen LogP contribution is 2.23. The number of thiophene rings is 1. The molecule has 1 aromatic heterocycles. The van der Waals surface area contributed by atoms with Crippen LogP contribution in [0.4, 0.5) is 0 Å². The van der Waals surface area contributed by atoms with Gasteiger partial charge in [-0.25, -0.2) is 0 Å². The van der Waals surface area contributed by atoms with E-state index in [0.29, 0.717) is 17.3 Å². The van der Waals surface area contributed by atoms with E-state index >= 15 is 0 Å². The molecule has 108 valence electrons. The molecule has 2 nitrogen and oxygen atoms in total. The van der Waals surface area contributed by atoms with Gasteiger partial charge in [-0.15, -0.1) is 0 Å². The summed E-state index contributed by atoms with van der Waals surface area (Å²) in [4.78, 5) is 0. The minimum absolute atomic E-state index is 0.421. The fourth-order valence-electron chi connectivity index (χ4n) is 2.99. The molecular formula is C15H25NOS2. The third kappa shape index (κ3) is 4.69. The first-order valence-electron chi connectivity index (χ1n) is 7.33. The van der Waals surface area contributed by atoms with Gasteiger partial charge in [-0.05, 0) is 55.0 Å². The Morgan fingerprint density at radius 2 is 2.37 bits per heavy atom. The molecule has 0 aromatic carbocycles. The average molecular weight is 300 g/mol. The molecule has 2 rings (SSSR count). The summed E-state index contributed by atoms with van der Waals surface area (Å²) in [6.07, 6.45) is 5.80. The fourth-order valence-corrected chi connectivity index (χ4v) is 5.02. The van der Waals surface area contributed by atoms with Crippen molar-refractivity contribution in [3.8, 4) is 0 Å². The summed E-state index contributed by atoms with van der Waals surface area (Å²) in [5.41, 5.74) is 1.43. The molecule has 0 bridgehead atoms. The van der Waals surface area contributed by atoms with Gasteiger partial charge in [-0.1, -0.05) is 13.3 Å². The molecule has 0 amide bonds. The molecule has 1 aliphatic rings. The van der Waals surface area contributed by atoms with Crippen molar-refractivity contribution in [3.05, 3.63) is 22.4 Å². The molecule has 19 heavy (non-hydrogen) atoms.